The molecule has 1 aromatic carbocycles. The molecule has 0 aliphatic rings. The zero-order chi connectivity index (χ0) is 10.7. The molecule has 0 saturated carbocycles. The van der Waals surface area contributed by atoms with Crippen LogP contribution in [0.1, 0.15) is 5.69 Å². The van der Waals surface area contributed by atoms with Crippen LogP contribution in [0.25, 0.3) is 5.69 Å². The van der Waals surface area contributed by atoms with Gasteiger partial charge < -0.3 is 9.67 Å². The highest BCUT2D eigenvalue weighted by atomic mass is 35.5. The van der Waals surface area contributed by atoms with E-state index in [1.807, 2.05) is 47.2 Å². The van der Waals surface area contributed by atoms with Crippen LogP contribution in [0.4, 0.5) is 0 Å². The third-order valence-corrected chi connectivity index (χ3v) is 2.56. The fourth-order valence-corrected chi connectivity index (χ4v) is 1.71. The zero-order valence-electron chi connectivity index (χ0n) is 8.23. The summed E-state index contributed by atoms with van der Waals surface area (Å²) in [6.07, 6.45) is 2.64. The lowest BCUT2D eigenvalue weighted by Gasteiger charge is -2.08. The van der Waals surface area contributed by atoms with Crippen molar-refractivity contribution in [1.29, 1.82) is 0 Å². The Bertz CT molecular complexity index is 433. The Morgan fingerprint density at radius 2 is 1.87 bits per heavy atom. The Labute approximate surface area is 93.7 Å². The highest BCUT2D eigenvalue weighted by molar-refractivity contribution is 6.30. The molecular formula is C12H12ClNO. The second kappa shape index (κ2) is 4.51. The summed E-state index contributed by atoms with van der Waals surface area (Å²) in [4.78, 5) is 0. The number of aliphatic hydroxyl groups excluding tert-OH is 1. The second-order valence-electron chi connectivity index (χ2n) is 3.32. The van der Waals surface area contributed by atoms with Gasteiger partial charge in [0, 0.05) is 35.6 Å². The SMILES string of the molecule is OCCc1cccn1-c1ccc(Cl)cc1. The molecule has 2 rings (SSSR count). The molecule has 78 valence electrons. The summed E-state index contributed by atoms with van der Waals surface area (Å²) in [7, 11) is 0. The maximum atomic E-state index is 8.92. The van der Waals surface area contributed by atoms with Crippen molar-refractivity contribution >= 4 is 11.6 Å². The summed E-state index contributed by atoms with van der Waals surface area (Å²) in [5.41, 5.74) is 2.16. The summed E-state index contributed by atoms with van der Waals surface area (Å²) in [5, 5.41) is 9.65. The molecule has 0 aliphatic carbocycles. The van der Waals surface area contributed by atoms with E-state index in [9.17, 15) is 0 Å². The minimum absolute atomic E-state index is 0.164. The van der Waals surface area contributed by atoms with E-state index in [1.165, 1.54) is 0 Å². The van der Waals surface area contributed by atoms with Crippen molar-refractivity contribution < 1.29 is 5.11 Å². The Morgan fingerprint density at radius 3 is 2.53 bits per heavy atom. The van der Waals surface area contributed by atoms with E-state index in [-0.39, 0.29) is 6.61 Å². The summed E-state index contributed by atoms with van der Waals surface area (Å²) in [5.74, 6) is 0. The molecule has 0 bridgehead atoms. The van der Waals surface area contributed by atoms with E-state index in [0.717, 1.165) is 16.4 Å². The van der Waals surface area contributed by atoms with Crippen molar-refractivity contribution in [2.45, 2.75) is 6.42 Å². The molecule has 0 saturated heterocycles. The van der Waals surface area contributed by atoms with E-state index in [4.69, 9.17) is 16.7 Å². The fraction of sp³-hybridized carbons (Fsp3) is 0.167. The smallest absolute Gasteiger partial charge is 0.0485 e. The van der Waals surface area contributed by atoms with Gasteiger partial charge in [-0.1, -0.05) is 11.6 Å². The van der Waals surface area contributed by atoms with Gasteiger partial charge in [0.25, 0.3) is 0 Å². The first-order chi connectivity index (χ1) is 7.31. The number of hydrogen-bond acceptors (Lipinski definition) is 1. The molecule has 2 nitrogen and oxygen atoms in total. The molecular weight excluding hydrogens is 210 g/mol. The fourth-order valence-electron chi connectivity index (χ4n) is 1.59. The molecule has 0 unspecified atom stereocenters. The van der Waals surface area contributed by atoms with Crippen LogP contribution < -0.4 is 0 Å². The van der Waals surface area contributed by atoms with E-state index in [0.29, 0.717) is 6.42 Å². The van der Waals surface area contributed by atoms with Crippen molar-refractivity contribution in [3.8, 4) is 5.69 Å². The maximum absolute atomic E-state index is 8.92. The Hall–Kier alpha value is -1.25. The van der Waals surface area contributed by atoms with Crippen molar-refractivity contribution in [1.82, 2.24) is 4.57 Å². The Morgan fingerprint density at radius 1 is 1.13 bits per heavy atom. The van der Waals surface area contributed by atoms with Crippen LogP contribution in [0.3, 0.4) is 0 Å². The van der Waals surface area contributed by atoms with Gasteiger partial charge in [0.15, 0.2) is 0 Å². The Balaban J connectivity index is 2.36. The molecule has 0 aliphatic heterocycles. The molecule has 0 radical (unpaired) electrons. The van der Waals surface area contributed by atoms with Gasteiger partial charge in [-0.2, -0.15) is 0 Å². The predicted molar refractivity (Wildman–Crippen MR) is 61.6 cm³/mol. The topological polar surface area (TPSA) is 25.2 Å². The van der Waals surface area contributed by atoms with Gasteiger partial charge in [-0.3, -0.25) is 0 Å². The third kappa shape index (κ3) is 2.22. The average molecular weight is 222 g/mol. The quantitative estimate of drug-likeness (QED) is 0.847. The van der Waals surface area contributed by atoms with Gasteiger partial charge in [0.05, 0.1) is 0 Å². The molecule has 3 heteroatoms. The van der Waals surface area contributed by atoms with Crippen LogP contribution in [0.15, 0.2) is 42.6 Å². The molecule has 1 heterocycles. The highest BCUT2D eigenvalue weighted by Gasteiger charge is 2.01. The minimum atomic E-state index is 0.164. The first-order valence-electron chi connectivity index (χ1n) is 4.84. The van der Waals surface area contributed by atoms with Crippen LogP contribution in [-0.4, -0.2) is 16.3 Å². The van der Waals surface area contributed by atoms with Crippen LogP contribution in [-0.2, 0) is 6.42 Å². The van der Waals surface area contributed by atoms with Gasteiger partial charge in [-0.05, 0) is 36.4 Å². The average Bonchev–Trinajstić information content (AvgIpc) is 2.68. The first kappa shape index (κ1) is 10.3. The van der Waals surface area contributed by atoms with Crippen LogP contribution >= 0.6 is 11.6 Å². The first-order valence-corrected chi connectivity index (χ1v) is 5.22. The van der Waals surface area contributed by atoms with E-state index >= 15 is 0 Å². The monoisotopic (exact) mass is 221 g/mol. The summed E-state index contributed by atoms with van der Waals surface area (Å²) in [6, 6.07) is 11.6. The number of aliphatic hydroxyl groups is 1. The van der Waals surface area contributed by atoms with Crippen molar-refractivity contribution in [2.24, 2.45) is 0 Å². The summed E-state index contributed by atoms with van der Waals surface area (Å²) < 4.78 is 2.05. The molecule has 1 N–H and O–H groups in total. The molecule has 1 aromatic heterocycles. The van der Waals surface area contributed by atoms with Crippen LogP contribution in [0.2, 0.25) is 5.02 Å². The molecule has 15 heavy (non-hydrogen) atoms. The number of aromatic nitrogens is 1. The van der Waals surface area contributed by atoms with Crippen LogP contribution in [0.5, 0.6) is 0 Å². The maximum Gasteiger partial charge on any atom is 0.0485 e. The summed E-state index contributed by atoms with van der Waals surface area (Å²) >= 11 is 5.82. The number of hydrogen-bond donors (Lipinski definition) is 1. The second-order valence-corrected chi connectivity index (χ2v) is 3.76. The number of halogens is 1. The van der Waals surface area contributed by atoms with Crippen LogP contribution in [0, 0.1) is 0 Å². The van der Waals surface area contributed by atoms with E-state index in [2.05, 4.69) is 0 Å². The van der Waals surface area contributed by atoms with E-state index < -0.39 is 0 Å². The minimum Gasteiger partial charge on any atom is -0.396 e. The lowest BCUT2D eigenvalue weighted by molar-refractivity contribution is 0.297. The summed E-state index contributed by atoms with van der Waals surface area (Å²) in [6.45, 7) is 0.164. The predicted octanol–water partition coefficient (Wildman–Crippen LogP) is 2.67. The van der Waals surface area contributed by atoms with Gasteiger partial charge in [-0.15, -0.1) is 0 Å². The normalized spacial score (nSPS) is 10.5. The van der Waals surface area contributed by atoms with Crippen molar-refractivity contribution in [2.75, 3.05) is 6.61 Å². The number of rotatable bonds is 3. The van der Waals surface area contributed by atoms with E-state index in [1.54, 1.807) is 0 Å². The molecule has 0 fully saturated rings. The molecule has 2 aromatic rings. The van der Waals surface area contributed by atoms with Gasteiger partial charge in [0.1, 0.15) is 0 Å². The van der Waals surface area contributed by atoms with Crippen molar-refractivity contribution in [3.05, 3.63) is 53.3 Å². The lowest BCUT2D eigenvalue weighted by atomic mass is 10.3. The third-order valence-electron chi connectivity index (χ3n) is 2.31. The standard InChI is InChI=1S/C12H12ClNO/c13-10-3-5-12(6-4-10)14-8-1-2-11(14)7-9-15/h1-6,8,15H,7,9H2. The zero-order valence-corrected chi connectivity index (χ0v) is 8.98. The van der Waals surface area contributed by atoms with Gasteiger partial charge in [0.2, 0.25) is 0 Å². The van der Waals surface area contributed by atoms with Gasteiger partial charge in [-0.25, -0.2) is 0 Å². The highest BCUT2D eigenvalue weighted by Crippen LogP contribution is 2.16. The van der Waals surface area contributed by atoms with Crippen molar-refractivity contribution in [3.63, 3.8) is 0 Å². The Kier molecular flexibility index (Phi) is 3.09. The molecule has 0 spiro atoms. The lowest BCUT2D eigenvalue weighted by Crippen LogP contribution is -2.00. The largest absolute Gasteiger partial charge is 0.396 e. The molecule has 0 amide bonds. The van der Waals surface area contributed by atoms with Gasteiger partial charge >= 0.3 is 0 Å². The number of nitrogens with zero attached hydrogens (tertiary/aromatic N) is 1. The molecule has 0 atom stereocenters. The number of benzene rings is 1.